The number of nitrogens with zero attached hydrogens (tertiary/aromatic N) is 1. The first-order valence-electron chi connectivity index (χ1n) is 10.4. The smallest absolute Gasteiger partial charge is 0.216 e. The molecule has 3 atom stereocenters. The fourth-order valence-electron chi connectivity index (χ4n) is 5.35. The van der Waals surface area contributed by atoms with E-state index in [1.54, 1.807) is 12.1 Å². The van der Waals surface area contributed by atoms with Crippen LogP contribution < -0.4 is 5.32 Å². The molecule has 1 aromatic rings. The van der Waals surface area contributed by atoms with Crippen LogP contribution in [0.1, 0.15) is 50.2 Å². The highest BCUT2D eigenvalue weighted by atomic mass is 16.3. The van der Waals surface area contributed by atoms with Crippen molar-refractivity contribution >= 4 is 11.7 Å². The first-order valence-corrected chi connectivity index (χ1v) is 10.4. The van der Waals surface area contributed by atoms with E-state index in [1.807, 2.05) is 6.07 Å². The largest absolute Gasteiger partial charge is 0.508 e. The van der Waals surface area contributed by atoms with Crippen LogP contribution >= 0.6 is 0 Å². The molecule has 0 radical (unpaired) electrons. The van der Waals surface area contributed by atoms with Crippen molar-refractivity contribution in [2.24, 2.45) is 0 Å². The maximum absolute atomic E-state index is 12.1. The van der Waals surface area contributed by atoms with E-state index in [0.29, 0.717) is 32.2 Å². The molecule has 1 amide bonds. The third-order valence-corrected chi connectivity index (χ3v) is 6.82. The van der Waals surface area contributed by atoms with Gasteiger partial charge in [-0.3, -0.25) is 9.59 Å². The van der Waals surface area contributed by atoms with Crippen molar-refractivity contribution in [3.8, 4) is 5.75 Å². The fraction of sp³-hybridized carbons (Fsp3) is 0.636. The molecule has 7 nitrogen and oxygen atoms in total. The molecule has 4 N–H and O–H groups in total. The van der Waals surface area contributed by atoms with Gasteiger partial charge in [-0.2, -0.15) is 0 Å². The van der Waals surface area contributed by atoms with Crippen LogP contribution in [0.5, 0.6) is 5.75 Å². The molecule has 4 rings (SSSR count). The number of likely N-dealkylation sites (N-methyl/N-ethyl adjacent to an activating group) is 1. The second-order valence-corrected chi connectivity index (χ2v) is 8.57. The SMILES string of the molecule is CC(=O)NCCCO.CN1CCC23CC(=O)CCC2(O)C1Cc1ccc(O)cc13. The number of aliphatic hydroxyl groups excluding tert-OH is 1. The molecule has 7 heteroatoms. The van der Waals surface area contributed by atoms with Gasteiger partial charge in [0, 0.05) is 44.4 Å². The van der Waals surface area contributed by atoms with E-state index in [2.05, 4.69) is 17.3 Å². The minimum absolute atomic E-state index is 0.0431. The van der Waals surface area contributed by atoms with Crippen molar-refractivity contribution in [3.05, 3.63) is 29.3 Å². The number of ketones is 1. The molecule has 2 bridgehead atoms. The summed E-state index contributed by atoms with van der Waals surface area (Å²) in [4.78, 5) is 24.5. The summed E-state index contributed by atoms with van der Waals surface area (Å²) < 4.78 is 0. The van der Waals surface area contributed by atoms with E-state index < -0.39 is 11.0 Å². The first-order chi connectivity index (χ1) is 13.7. The fourth-order valence-corrected chi connectivity index (χ4v) is 5.35. The molecule has 160 valence electrons. The molecule has 2 fully saturated rings. The third-order valence-electron chi connectivity index (χ3n) is 6.82. The number of Topliss-reactive ketones (excluding diaryl/α,β-unsaturated/α-hetero) is 1. The van der Waals surface area contributed by atoms with E-state index in [1.165, 1.54) is 12.5 Å². The molecule has 1 heterocycles. The number of nitrogens with one attached hydrogen (secondary N) is 1. The lowest BCUT2D eigenvalue weighted by atomic mass is 9.49. The summed E-state index contributed by atoms with van der Waals surface area (Å²) >= 11 is 0. The topological polar surface area (TPSA) is 110 Å². The van der Waals surface area contributed by atoms with Crippen molar-refractivity contribution in [1.29, 1.82) is 0 Å². The monoisotopic (exact) mass is 404 g/mol. The van der Waals surface area contributed by atoms with Crippen molar-refractivity contribution in [3.63, 3.8) is 0 Å². The van der Waals surface area contributed by atoms with E-state index in [4.69, 9.17) is 5.11 Å². The van der Waals surface area contributed by atoms with Gasteiger partial charge in [0.05, 0.1) is 5.60 Å². The van der Waals surface area contributed by atoms with Gasteiger partial charge in [0.2, 0.25) is 5.91 Å². The summed E-state index contributed by atoms with van der Waals surface area (Å²) in [5.41, 5.74) is 0.812. The minimum atomic E-state index is -0.852. The van der Waals surface area contributed by atoms with Gasteiger partial charge in [-0.25, -0.2) is 0 Å². The second-order valence-electron chi connectivity index (χ2n) is 8.57. The average molecular weight is 405 g/mol. The molecule has 3 aliphatic rings. The number of amides is 1. The summed E-state index contributed by atoms with van der Waals surface area (Å²) in [7, 11) is 2.06. The number of hydrogen-bond donors (Lipinski definition) is 4. The molecule has 1 aromatic carbocycles. The summed E-state index contributed by atoms with van der Waals surface area (Å²) in [6.07, 6.45) is 3.62. The number of piperidine rings is 1. The van der Waals surface area contributed by atoms with Crippen LogP contribution in [0.4, 0.5) is 0 Å². The highest BCUT2D eigenvalue weighted by Gasteiger charge is 2.64. The first kappa shape index (κ1) is 21.7. The van der Waals surface area contributed by atoms with Crippen LogP contribution in [-0.2, 0) is 21.4 Å². The number of aliphatic hydroxyl groups is 2. The number of phenols is 1. The summed E-state index contributed by atoms with van der Waals surface area (Å²) in [6, 6.07) is 5.51. The van der Waals surface area contributed by atoms with Crippen molar-refractivity contribution in [2.75, 3.05) is 26.7 Å². The third kappa shape index (κ3) is 3.91. The molecule has 1 saturated carbocycles. The summed E-state index contributed by atoms with van der Waals surface area (Å²) in [6.45, 7) is 3.05. The lowest BCUT2D eigenvalue weighted by molar-refractivity contribution is -0.168. The van der Waals surface area contributed by atoms with Crippen molar-refractivity contribution in [1.82, 2.24) is 10.2 Å². The molecule has 3 unspecified atom stereocenters. The number of rotatable bonds is 3. The number of phenolic OH excluding ortho intramolecular Hbond substituents is 1. The summed E-state index contributed by atoms with van der Waals surface area (Å²) in [5, 5.41) is 32.2. The van der Waals surface area contributed by atoms with Gasteiger partial charge >= 0.3 is 0 Å². The number of fused-ring (bicyclic) bond motifs is 1. The Hall–Kier alpha value is -1.96. The average Bonchev–Trinajstić information content (AvgIpc) is 2.66. The molecule has 1 aliphatic heterocycles. The number of carbonyl (C=O) groups excluding carboxylic acids is 2. The van der Waals surface area contributed by atoms with Gasteiger partial charge in [0.1, 0.15) is 11.5 Å². The van der Waals surface area contributed by atoms with Crippen molar-refractivity contribution < 1.29 is 24.9 Å². The maximum atomic E-state index is 12.1. The van der Waals surface area contributed by atoms with Crippen LogP contribution in [0.3, 0.4) is 0 Å². The van der Waals surface area contributed by atoms with Crippen molar-refractivity contribution in [2.45, 2.75) is 62.5 Å². The van der Waals surface area contributed by atoms with Gasteiger partial charge < -0.3 is 25.5 Å². The predicted octanol–water partition coefficient (Wildman–Crippen LogP) is 0.879. The van der Waals surface area contributed by atoms with Gasteiger partial charge in [0.15, 0.2) is 0 Å². The van der Waals surface area contributed by atoms with Gasteiger partial charge in [0.25, 0.3) is 0 Å². The Bertz CT molecular complexity index is 782. The molecule has 1 saturated heterocycles. The maximum Gasteiger partial charge on any atom is 0.216 e. The zero-order valence-corrected chi connectivity index (χ0v) is 17.3. The molecule has 2 aliphatic carbocycles. The number of likely N-dealkylation sites (tertiary alicyclic amines) is 1. The predicted molar refractivity (Wildman–Crippen MR) is 109 cm³/mol. The quantitative estimate of drug-likeness (QED) is 0.557. The van der Waals surface area contributed by atoms with Gasteiger partial charge in [-0.1, -0.05) is 6.07 Å². The zero-order chi connectivity index (χ0) is 21.2. The lowest BCUT2D eigenvalue weighted by Gasteiger charge is -2.62. The van der Waals surface area contributed by atoms with E-state index >= 15 is 0 Å². The molecule has 0 aromatic heterocycles. The zero-order valence-electron chi connectivity index (χ0n) is 17.3. The lowest BCUT2D eigenvalue weighted by Crippen LogP contribution is -2.72. The Morgan fingerprint density at radius 2 is 2.10 bits per heavy atom. The van der Waals surface area contributed by atoms with Crippen LogP contribution in [0.15, 0.2) is 18.2 Å². The minimum Gasteiger partial charge on any atom is -0.508 e. The summed E-state index contributed by atoms with van der Waals surface area (Å²) in [5.74, 6) is 0.415. The molecular formula is C22H32N2O5. The highest BCUT2D eigenvalue weighted by molar-refractivity contribution is 5.82. The molecular weight excluding hydrogens is 372 g/mol. The van der Waals surface area contributed by atoms with E-state index in [-0.39, 0.29) is 30.1 Å². The molecule has 29 heavy (non-hydrogen) atoms. The van der Waals surface area contributed by atoms with Crippen LogP contribution in [0.25, 0.3) is 0 Å². The Balaban J connectivity index is 0.000000258. The van der Waals surface area contributed by atoms with Gasteiger partial charge in [-0.05, 0) is 62.5 Å². The Labute approximate surface area is 171 Å². The molecule has 0 spiro atoms. The van der Waals surface area contributed by atoms with Crippen LogP contribution in [0, 0.1) is 0 Å². The van der Waals surface area contributed by atoms with Crippen LogP contribution in [0.2, 0.25) is 0 Å². The van der Waals surface area contributed by atoms with E-state index in [9.17, 15) is 19.8 Å². The number of benzene rings is 1. The number of aromatic hydroxyl groups is 1. The normalized spacial score (nSPS) is 30.5. The van der Waals surface area contributed by atoms with Crippen LogP contribution in [-0.4, -0.2) is 70.3 Å². The second kappa shape index (κ2) is 8.42. The number of carbonyl (C=O) groups is 2. The number of hydrogen-bond acceptors (Lipinski definition) is 6. The Kier molecular flexibility index (Phi) is 6.31. The van der Waals surface area contributed by atoms with E-state index in [0.717, 1.165) is 24.9 Å². The Morgan fingerprint density at radius 3 is 2.79 bits per heavy atom. The standard InChI is InChI=1S/C17H21NO3.C5H11NO2/c1-18-7-6-16-10-13(20)4-5-17(16,21)15(18)8-11-2-3-12(19)9-14(11)16;1-5(8)6-3-2-4-7/h2-3,9,15,19,21H,4-8,10H2,1H3;7H,2-4H2,1H3,(H,6,8). The highest BCUT2D eigenvalue weighted by Crippen LogP contribution is 2.57. The Morgan fingerprint density at radius 1 is 1.34 bits per heavy atom. The van der Waals surface area contributed by atoms with Gasteiger partial charge in [-0.15, -0.1) is 0 Å².